The Bertz CT molecular complexity index is 810. The van der Waals surface area contributed by atoms with Crippen molar-refractivity contribution in [3.63, 3.8) is 0 Å². The molecule has 2 unspecified atom stereocenters. The largest absolute Gasteiger partial charge is 0.479 e. The molecule has 3 rings (SSSR count). The van der Waals surface area contributed by atoms with Crippen LogP contribution in [0.3, 0.4) is 0 Å². The molecule has 9 nitrogen and oxygen atoms in total. The van der Waals surface area contributed by atoms with Gasteiger partial charge in [-0.2, -0.15) is 0 Å². The van der Waals surface area contributed by atoms with E-state index in [1.807, 2.05) is 0 Å². The molecule has 1 fully saturated rings. The van der Waals surface area contributed by atoms with Gasteiger partial charge in [0.15, 0.2) is 6.10 Å². The zero-order valence-corrected chi connectivity index (χ0v) is 15.1. The molecule has 2 aliphatic heterocycles. The van der Waals surface area contributed by atoms with Gasteiger partial charge in [-0.05, 0) is 25.5 Å². The average Bonchev–Trinajstić information content (AvgIpc) is 2.95. The zero-order valence-electron chi connectivity index (χ0n) is 15.1. The van der Waals surface area contributed by atoms with E-state index in [1.54, 1.807) is 36.1 Å². The molecule has 3 amide bonds. The van der Waals surface area contributed by atoms with Crippen LogP contribution in [0.5, 0.6) is 0 Å². The maximum Gasteiger partial charge on any atom is 0.334 e. The molecular formula is C18H21N3O6. The Morgan fingerprint density at radius 3 is 2.70 bits per heavy atom. The molecule has 0 saturated carbocycles. The highest BCUT2D eigenvalue weighted by Crippen LogP contribution is 2.43. The van der Waals surface area contributed by atoms with Gasteiger partial charge < -0.3 is 20.1 Å². The van der Waals surface area contributed by atoms with Gasteiger partial charge in [0, 0.05) is 13.5 Å². The number of hydrogen-bond donors (Lipinski definition) is 2. The first kappa shape index (κ1) is 18.8. The van der Waals surface area contributed by atoms with Gasteiger partial charge in [0.1, 0.15) is 12.2 Å². The number of carbonyl (C=O) groups excluding carboxylic acids is 3. The molecule has 0 bridgehead atoms. The topological polar surface area (TPSA) is 116 Å². The summed E-state index contributed by atoms with van der Waals surface area (Å²) >= 11 is 0. The predicted molar refractivity (Wildman–Crippen MR) is 94.0 cm³/mol. The van der Waals surface area contributed by atoms with Crippen molar-refractivity contribution < 1.29 is 29.0 Å². The van der Waals surface area contributed by atoms with Crippen molar-refractivity contribution in [2.75, 3.05) is 25.1 Å². The second-order valence-electron chi connectivity index (χ2n) is 6.72. The molecule has 144 valence electrons. The molecule has 0 aliphatic carbocycles. The van der Waals surface area contributed by atoms with Gasteiger partial charge >= 0.3 is 5.97 Å². The van der Waals surface area contributed by atoms with E-state index in [2.05, 4.69) is 5.32 Å². The summed E-state index contributed by atoms with van der Waals surface area (Å²) in [5, 5.41) is 11.4. The Hall–Kier alpha value is -2.94. The Labute approximate surface area is 155 Å². The Morgan fingerprint density at radius 1 is 1.33 bits per heavy atom. The van der Waals surface area contributed by atoms with Crippen LogP contribution in [0, 0.1) is 0 Å². The van der Waals surface area contributed by atoms with Crippen LogP contribution in [-0.4, -0.2) is 65.7 Å². The van der Waals surface area contributed by atoms with Crippen LogP contribution >= 0.6 is 0 Å². The SMILES string of the molecule is COC(CNC(=O)CN1C(=O)c2ccccc2N2C(=O)CCC12C)C(=O)O. The van der Waals surface area contributed by atoms with Crippen LogP contribution in [0.15, 0.2) is 24.3 Å². The summed E-state index contributed by atoms with van der Waals surface area (Å²) in [7, 11) is 1.24. The first-order chi connectivity index (χ1) is 12.8. The van der Waals surface area contributed by atoms with Crippen molar-refractivity contribution in [2.45, 2.75) is 31.5 Å². The highest BCUT2D eigenvalue weighted by atomic mass is 16.5. The number of fused-ring (bicyclic) bond motifs is 3. The van der Waals surface area contributed by atoms with Crippen molar-refractivity contribution >= 4 is 29.4 Å². The summed E-state index contributed by atoms with van der Waals surface area (Å²) in [4.78, 5) is 51.7. The second kappa shape index (κ2) is 6.99. The van der Waals surface area contributed by atoms with Gasteiger partial charge in [0.05, 0.1) is 17.8 Å². The number of aliphatic carboxylic acids is 1. The van der Waals surface area contributed by atoms with Crippen LogP contribution < -0.4 is 10.2 Å². The summed E-state index contributed by atoms with van der Waals surface area (Å²) in [5.74, 6) is -2.16. The first-order valence-corrected chi connectivity index (χ1v) is 8.56. The van der Waals surface area contributed by atoms with Gasteiger partial charge in [-0.25, -0.2) is 4.79 Å². The molecule has 2 N–H and O–H groups in total. The number of carboxylic acid groups (broad SMARTS) is 1. The number of carboxylic acids is 1. The summed E-state index contributed by atoms with van der Waals surface area (Å²) in [6.45, 7) is 1.25. The molecule has 2 aliphatic rings. The summed E-state index contributed by atoms with van der Waals surface area (Å²) < 4.78 is 4.78. The number of methoxy groups -OCH3 is 1. The fourth-order valence-electron chi connectivity index (χ4n) is 3.62. The molecule has 1 saturated heterocycles. The number of para-hydroxylation sites is 1. The van der Waals surface area contributed by atoms with Crippen LogP contribution in [0.1, 0.15) is 30.1 Å². The number of nitrogens with zero attached hydrogens (tertiary/aromatic N) is 2. The van der Waals surface area contributed by atoms with Gasteiger partial charge in [-0.15, -0.1) is 0 Å². The standard InChI is InChI=1S/C18H21N3O6/c1-18-8-7-15(23)21(18)12-6-4-3-5-11(12)16(24)20(18)10-14(22)19-9-13(27-2)17(25)26/h3-6,13H,7-10H2,1-2H3,(H,19,22)(H,25,26). The first-order valence-electron chi connectivity index (χ1n) is 8.56. The van der Waals surface area contributed by atoms with Crippen LogP contribution in [-0.2, 0) is 19.1 Å². The minimum atomic E-state index is -1.19. The molecule has 2 atom stereocenters. The summed E-state index contributed by atoms with van der Waals surface area (Å²) in [5.41, 5.74) is -0.0272. The van der Waals surface area contributed by atoms with Crippen molar-refractivity contribution in [1.29, 1.82) is 0 Å². The fourth-order valence-corrected chi connectivity index (χ4v) is 3.62. The molecule has 27 heavy (non-hydrogen) atoms. The number of rotatable bonds is 6. The van der Waals surface area contributed by atoms with E-state index >= 15 is 0 Å². The van der Waals surface area contributed by atoms with Crippen LogP contribution in [0.2, 0.25) is 0 Å². The third-order valence-corrected chi connectivity index (χ3v) is 5.09. The average molecular weight is 375 g/mol. The molecule has 0 spiro atoms. The fraction of sp³-hybridized carbons (Fsp3) is 0.444. The molecule has 0 aromatic heterocycles. The van der Waals surface area contributed by atoms with E-state index in [0.29, 0.717) is 17.7 Å². The molecule has 0 radical (unpaired) electrons. The van der Waals surface area contributed by atoms with Gasteiger partial charge in [-0.3, -0.25) is 19.3 Å². The highest BCUT2D eigenvalue weighted by Gasteiger charge is 2.53. The number of amides is 3. The molecule has 1 aromatic carbocycles. The number of anilines is 1. The highest BCUT2D eigenvalue weighted by molar-refractivity contribution is 6.11. The van der Waals surface area contributed by atoms with E-state index < -0.39 is 23.6 Å². The van der Waals surface area contributed by atoms with Crippen molar-refractivity contribution in [2.24, 2.45) is 0 Å². The normalized spacial score (nSPS) is 22.3. The van der Waals surface area contributed by atoms with Crippen molar-refractivity contribution in [1.82, 2.24) is 10.2 Å². The van der Waals surface area contributed by atoms with E-state index in [-0.39, 0.29) is 31.3 Å². The number of ether oxygens (including phenoxy) is 1. The van der Waals surface area contributed by atoms with E-state index in [1.165, 1.54) is 12.0 Å². The quantitative estimate of drug-likeness (QED) is 0.734. The Kier molecular flexibility index (Phi) is 4.88. The third-order valence-electron chi connectivity index (χ3n) is 5.09. The number of nitrogens with one attached hydrogen (secondary N) is 1. The van der Waals surface area contributed by atoms with Crippen LogP contribution in [0.25, 0.3) is 0 Å². The maximum absolute atomic E-state index is 13.0. The minimum absolute atomic E-state index is 0.104. The zero-order chi connectivity index (χ0) is 19.8. The molecular weight excluding hydrogens is 354 g/mol. The van der Waals surface area contributed by atoms with Gasteiger partial charge in [-0.1, -0.05) is 12.1 Å². The number of carbonyl (C=O) groups is 4. The number of benzene rings is 1. The molecule has 9 heteroatoms. The second-order valence-corrected chi connectivity index (χ2v) is 6.72. The smallest absolute Gasteiger partial charge is 0.334 e. The number of hydrogen-bond acceptors (Lipinski definition) is 5. The van der Waals surface area contributed by atoms with Crippen molar-refractivity contribution in [3.05, 3.63) is 29.8 Å². The molecule has 1 aromatic rings. The lowest BCUT2D eigenvalue weighted by atomic mass is 9.98. The lowest BCUT2D eigenvalue weighted by Crippen LogP contribution is -2.64. The molecule has 2 heterocycles. The predicted octanol–water partition coefficient (Wildman–Crippen LogP) is 0.201. The van der Waals surface area contributed by atoms with Crippen LogP contribution in [0.4, 0.5) is 5.69 Å². The van der Waals surface area contributed by atoms with Gasteiger partial charge in [0.25, 0.3) is 5.91 Å². The summed E-state index contributed by atoms with van der Waals surface area (Å²) in [6, 6.07) is 6.81. The Balaban J connectivity index is 1.83. The van der Waals surface area contributed by atoms with Gasteiger partial charge in [0.2, 0.25) is 11.8 Å². The lowest BCUT2D eigenvalue weighted by Gasteiger charge is -2.48. The minimum Gasteiger partial charge on any atom is -0.479 e. The maximum atomic E-state index is 13.0. The van der Waals surface area contributed by atoms with E-state index in [9.17, 15) is 19.2 Å². The summed E-state index contributed by atoms with van der Waals surface area (Å²) in [6.07, 6.45) is -0.484. The monoisotopic (exact) mass is 375 g/mol. The van der Waals surface area contributed by atoms with Crippen molar-refractivity contribution in [3.8, 4) is 0 Å². The third kappa shape index (κ3) is 3.14. The Morgan fingerprint density at radius 2 is 2.04 bits per heavy atom. The van der Waals surface area contributed by atoms with E-state index in [0.717, 1.165) is 0 Å². The lowest BCUT2D eigenvalue weighted by molar-refractivity contribution is -0.148. The van der Waals surface area contributed by atoms with E-state index in [4.69, 9.17) is 9.84 Å².